The topological polar surface area (TPSA) is 20.3 Å². The van der Waals surface area contributed by atoms with Gasteiger partial charge in [-0.05, 0) is 30.0 Å². The fourth-order valence-corrected chi connectivity index (χ4v) is 2.64. The molecule has 0 fully saturated rings. The quantitative estimate of drug-likeness (QED) is 0.779. The second-order valence-corrected chi connectivity index (χ2v) is 5.28. The number of anilines is 1. The van der Waals surface area contributed by atoms with Crippen molar-refractivity contribution < 1.29 is 4.79 Å². The molecule has 18 heavy (non-hydrogen) atoms. The first-order valence-corrected chi connectivity index (χ1v) is 7.08. The average Bonchev–Trinajstić information content (AvgIpc) is 2.89. The molecule has 0 saturated carbocycles. The van der Waals surface area contributed by atoms with Crippen LogP contribution in [0.4, 0.5) is 5.69 Å². The maximum atomic E-state index is 12.0. The summed E-state index contributed by atoms with van der Waals surface area (Å²) in [6.07, 6.45) is 0. The molecule has 0 radical (unpaired) electrons. The summed E-state index contributed by atoms with van der Waals surface area (Å²) in [6, 6.07) is 11.9. The molecule has 1 aromatic heterocycles. The highest BCUT2D eigenvalue weighted by Gasteiger charge is 2.17. The summed E-state index contributed by atoms with van der Waals surface area (Å²) in [5.41, 5.74) is 2.00. The number of hydrogen-bond acceptors (Lipinski definition) is 2. The van der Waals surface area contributed by atoms with Crippen LogP contribution in [0.5, 0.6) is 0 Å². The Morgan fingerprint density at radius 2 is 2.06 bits per heavy atom. The number of carbonyl (C=O) groups is 1. The molecule has 0 atom stereocenters. The average molecular weight is 280 g/mol. The van der Waals surface area contributed by atoms with Crippen LogP contribution in [-0.4, -0.2) is 11.8 Å². The number of nitrogens with zero attached hydrogens (tertiary/aromatic N) is 1. The minimum absolute atomic E-state index is 0.000288. The van der Waals surface area contributed by atoms with Crippen molar-refractivity contribution in [2.24, 2.45) is 0 Å². The van der Waals surface area contributed by atoms with Gasteiger partial charge in [0.05, 0.1) is 6.54 Å². The van der Waals surface area contributed by atoms with Gasteiger partial charge in [-0.15, -0.1) is 22.9 Å². The summed E-state index contributed by atoms with van der Waals surface area (Å²) >= 11 is 7.34. The third-order valence-corrected chi connectivity index (χ3v) is 3.81. The molecule has 0 N–H and O–H groups in total. The maximum Gasteiger partial charge on any atom is 0.242 e. The summed E-state index contributed by atoms with van der Waals surface area (Å²) in [7, 11) is 0. The van der Waals surface area contributed by atoms with E-state index in [4.69, 9.17) is 11.6 Å². The highest BCUT2D eigenvalue weighted by Crippen LogP contribution is 2.23. The maximum absolute atomic E-state index is 12.0. The predicted octanol–water partition coefficient (Wildman–Crippen LogP) is 3.83. The Hall–Kier alpha value is -1.32. The van der Waals surface area contributed by atoms with E-state index in [2.05, 4.69) is 0 Å². The van der Waals surface area contributed by atoms with Crippen molar-refractivity contribution in [2.45, 2.75) is 13.5 Å². The minimum Gasteiger partial charge on any atom is -0.306 e. The first-order chi connectivity index (χ1) is 8.72. The first-order valence-electron chi connectivity index (χ1n) is 5.66. The Kier molecular flexibility index (Phi) is 4.39. The standard InChI is InChI=1S/C14H14ClNOS/c1-11-5-2-3-7-13(11)16(14(17)9-15)10-12-6-4-8-18-12/h2-8H,9-10H2,1H3. The molecule has 2 aromatic rings. The summed E-state index contributed by atoms with van der Waals surface area (Å²) in [5, 5.41) is 2.01. The van der Waals surface area contributed by atoms with Crippen molar-refractivity contribution in [1.29, 1.82) is 0 Å². The van der Waals surface area contributed by atoms with E-state index in [1.165, 1.54) is 0 Å². The van der Waals surface area contributed by atoms with Gasteiger partial charge in [0.15, 0.2) is 0 Å². The zero-order valence-corrected chi connectivity index (χ0v) is 11.7. The zero-order valence-electron chi connectivity index (χ0n) is 10.1. The molecule has 0 unspecified atom stereocenters. The number of halogens is 1. The molecule has 94 valence electrons. The molecule has 0 aliphatic heterocycles. The van der Waals surface area contributed by atoms with Gasteiger partial charge in [0.2, 0.25) is 5.91 Å². The smallest absolute Gasteiger partial charge is 0.242 e. The van der Waals surface area contributed by atoms with Gasteiger partial charge in [0.1, 0.15) is 5.88 Å². The van der Waals surface area contributed by atoms with Crippen LogP contribution in [0.15, 0.2) is 41.8 Å². The number of para-hydroxylation sites is 1. The highest BCUT2D eigenvalue weighted by atomic mass is 35.5. The predicted molar refractivity (Wildman–Crippen MR) is 77.4 cm³/mol. The van der Waals surface area contributed by atoms with E-state index >= 15 is 0 Å². The number of benzene rings is 1. The molecule has 2 rings (SSSR count). The largest absolute Gasteiger partial charge is 0.306 e. The highest BCUT2D eigenvalue weighted by molar-refractivity contribution is 7.09. The Balaban J connectivity index is 2.31. The van der Waals surface area contributed by atoms with Crippen LogP contribution >= 0.6 is 22.9 Å². The fourth-order valence-electron chi connectivity index (χ4n) is 1.80. The van der Waals surface area contributed by atoms with Crippen LogP contribution in [0.2, 0.25) is 0 Å². The van der Waals surface area contributed by atoms with Crippen LogP contribution in [-0.2, 0) is 11.3 Å². The fraction of sp³-hybridized carbons (Fsp3) is 0.214. The lowest BCUT2D eigenvalue weighted by molar-refractivity contribution is -0.116. The number of rotatable bonds is 4. The summed E-state index contributed by atoms with van der Waals surface area (Å²) in [5.74, 6) is -0.0703. The van der Waals surface area contributed by atoms with Gasteiger partial charge in [0, 0.05) is 10.6 Å². The Labute approximate surface area is 116 Å². The van der Waals surface area contributed by atoms with E-state index in [0.29, 0.717) is 6.54 Å². The van der Waals surface area contributed by atoms with Crippen molar-refractivity contribution in [3.63, 3.8) is 0 Å². The van der Waals surface area contributed by atoms with Gasteiger partial charge >= 0.3 is 0 Å². The Morgan fingerprint density at radius 1 is 1.28 bits per heavy atom. The first kappa shape index (κ1) is 13.1. The number of alkyl halides is 1. The SMILES string of the molecule is Cc1ccccc1N(Cc1cccs1)C(=O)CCl. The van der Waals surface area contributed by atoms with Crippen LogP contribution in [0.1, 0.15) is 10.4 Å². The van der Waals surface area contributed by atoms with Crippen molar-refractivity contribution in [3.8, 4) is 0 Å². The minimum atomic E-state index is -0.0700. The number of carbonyl (C=O) groups excluding carboxylic acids is 1. The summed E-state index contributed by atoms with van der Waals surface area (Å²) < 4.78 is 0. The van der Waals surface area contributed by atoms with Gasteiger partial charge in [-0.3, -0.25) is 4.79 Å². The molecule has 0 spiro atoms. The molecule has 2 nitrogen and oxygen atoms in total. The van der Waals surface area contributed by atoms with Gasteiger partial charge in [-0.25, -0.2) is 0 Å². The zero-order chi connectivity index (χ0) is 13.0. The molecule has 0 aliphatic carbocycles. The van der Waals surface area contributed by atoms with Gasteiger partial charge < -0.3 is 4.90 Å². The molecular weight excluding hydrogens is 266 g/mol. The lowest BCUT2D eigenvalue weighted by atomic mass is 10.2. The second kappa shape index (κ2) is 6.03. The van der Waals surface area contributed by atoms with Gasteiger partial charge in [-0.2, -0.15) is 0 Å². The third kappa shape index (κ3) is 2.92. The van der Waals surface area contributed by atoms with E-state index < -0.39 is 0 Å². The normalized spacial score (nSPS) is 10.3. The van der Waals surface area contributed by atoms with E-state index in [1.807, 2.05) is 48.7 Å². The molecule has 0 bridgehead atoms. The Bertz CT molecular complexity index is 524. The van der Waals surface area contributed by atoms with Gasteiger partial charge in [-0.1, -0.05) is 24.3 Å². The lowest BCUT2D eigenvalue weighted by Crippen LogP contribution is -2.31. The second-order valence-electron chi connectivity index (χ2n) is 3.98. The van der Waals surface area contributed by atoms with Crippen LogP contribution in [0.3, 0.4) is 0 Å². The van der Waals surface area contributed by atoms with Gasteiger partial charge in [0.25, 0.3) is 0 Å². The van der Waals surface area contributed by atoms with Crippen molar-refractivity contribution in [3.05, 3.63) is 52.2 Å². The lowest BCUT2D eigenvalue weighted by Gasteiger charge is -2.23. The van der Waals surface area contributed by atoms with Crippen LogP contribution in [0.25, 0.3) is 0 Å². The number of aryl methyl sites for hydroxylation is 1. The third-order valence-electron chi connectivity index (χ3n) is 2.72. The molecule has 4 heteroatoms. The number of hydrogen-bond donors (Lipinski definition) is 0. The van der Waals surface area contributed by atoms with Crippen molar-refractivity contribution >= 4 is 34.5 Å². The van der Waals surface area contributed by atoms with Crippen LogP contribution in [0, 0.1) is 6.92 Å². The van der Waals surface area contributed by atoms with Crippen molar-refractivity contribution in [1.82, 2.24) is 0 Å². The summed E-state index contributed by atoms with van der Waals surface area (Å²) in [4.78, 5) is 14.9. The van der Waals surface area contributed by atoms with E-state index in [0.717, 1.165) is 16.1 Å². The molecule has 0 aliphatic rings. The molecular formula is C14H14ClNOS. The van der Waals surface area contributed by atoms with E-state index in [9.17, 15) is 4.79 Å². The van der Waals surface area contributed by atoms with E-state index in [-0.39, 0.29) is 11.8 Å². The Morgan fingerprint density at radius 3 is 2.67 bits per heavy atom. The van der Waals surface area contributed by atoms with E-state index in [1.54, 1.807) is 16.2 Å². The summed E-state index contributed by atoms with van der Waals surface area (Å²) in [6.45, 7) is 2.58. The van der Waals surface area contributed by atoms with Crippen molar-refractivity contribution in [2.75, 3.05) is 10.8 Å². The van der Waals surface area contributed by atoms with Crippen LogP contribution < -0.4 is 4.90 Å². The molecule has 1 heterocycles. The monoisotopic (exact) mass is 279 g/mol. The number of amides is 1. The molecule has 1 amide bonds. The molecule has 0 saturated heterocycles. The molecule has 1 aromatic carbocycles. The number of thiophene rings is 1.